The van der Waals surface area contributed by atoms with E-state index >= 15 is 0 Å². The van der Waals surface area contributed by atoms with Crippen LogP contribution in [0.1, 0.15) is 16.0 Å². The predicted octanol–water partition coefficient (Wildman–Crippen LogP) is 4.84. The summed E-state index contributed by atoms with van der Waals surface area (Å²) in [6.45, 7) is 0. The number of hydrogen-bond donors (Lipinski definition) is 1. The number of nitrogens with zero attached hydrogens (tertiary/aromatic N) is 1. The minimum atomic E-state index is -1.32. The van der Waals surface area contributed by atoms with Crippen LogP contribution in [-0.2, 0) is 5.60 Å². The van der Waals surface area contributed by atoms with Gasteiger partial charge in [-0.2, -0.15) is 0 Å². The average molecular weight is 381 g/mol. The molecule has 0 spiro atoms. The van der Waals surface area contributed by atoms with Crippen LogP contribution >= 0.6 is 38.9 Å². The topological polar surface area (TPSA) is 33.1 Å². The second-order valence-electron chi connectivity index (χ2n) is 4.53. The quantitative estimate of drug-likeness (QED) is 0.705. The molecule has 2 aromatic carbocycles. The van der Waals surface area contributed by atoms with Gasteiger partial charge in [-0.05, 0) is 27.1 Å². The van der Waals surface area contributed by atoms with Crippen molar-refractivity contribution >= 4 is 38.9 Å². The highest BCUT2D eigenvalue weighted by Gasteiger charge is 2.38. The zero-order chi connectivity index (χ0) is 14.9. The lowest BCUT2D eigenvalue weighted by Gasteiger charge is -2.28. The minimum Gasteiger partial charge on any atom is -0.375 e. The largest absolute Gasteiger partial charge is 0.375 e. The standard InChI is InChI=1S/C16H11BrClNOS/c17-15-19-14(18)13(21-15)16(20,11-7-3-1-4-8-11)12-9-5-2-6-10-12/h1-10,20H. The van der Waals surface area contributed by atoms with Gasteiger partial charge in [0.15, 0.2) is 9.52 Å². The van der Waals surface area contributed by atoms with Crippen LogP contribution in [0.15, 0.2) is 64.6 Å². The van der Waals surface area contributed by atoms with Crippen molar-refractivity contribution in [2.75, 3.05) is 0 Å². The molecule has 0 atom stereocenters. The Bertz CT molecular complexity index is 706. The number of hydrogen-bond acceptors (Lipinski definition) is 3. The van der Waals surface area contributed by atoms with E-state index < -0.39 is 5.60 Å². The van der Waals surface area contributed by atoms with E-state index in [1.54, 1.807) is 0 Å². The molecule has 0 saturated heterocycles. The predicted molar refractivity (Wildman–Crippen MR) is 89.8 cm³/mol. The number of aromatic nitrogens is 1. The van der Waals surface area contributed by atoms with Gasteiger partial charge in [-0.25, -0.2) is 4.98 Å². The number of benzene rings is 2. The van der Waals surface area contributed by atoms with Crippen LogP contribution < -0.4 is 0 Å². The fraction of sp³-hybridized carbons (Fsp3) is 0.0625. The lowest BCUT2D eigenvalue weighted by Crippen LogP contribution is -2.28. The van der Waals surface area contributed by atoms with Crippen molar-refractivity contribution in [3.63, 3.8) is 0 Å². The van der Waals surface area contributed by atoms with E-state index in [2.05, 4.69) is 20.9 Å². The zero-order valence-electron chi connectivity index (χ0n) is 10.8. The van der Waals surface area contributed by atoms with E-state index in [0.717, 1.165) is 11.1 Å². The summed E-state index contributed by atoms with van der Waals surface area (Å²) in [5, 5.41) is 11.8. The summed E-state index contributed by atoms with van der Waals surface area (Å²) in [6.07, 6.45) is 0. The molecule has 106 valence electrons. The smallest absolute Gasteiger partial charge is 0.161 e. The van der Waals surface area contributed by atoms with Gasteiger partial charge >= 0.3 is 0 Å². The molecule has 1 N–H and O–H groups in total. The van der Waals surface area contributed by atoms with Gasteiger partial charge in [0.1, 0.15) is 5.15 Å². The van der Waals surface area contributed by atoms with Gasteiger partial charge in [-0.3, -0.25) is 0 Å². The van der Waals surface area contributed by atoms with E-state index in [1.165, 1.54) is 11.3 Å². The molecule has 2 nitrogen and oxygen atoms in total. The fourth-order valence-electron chi connectivity index (χ4n) is 2.29. The van der Waals surface area contributed by atoms with Crippen molar-refractivity contribution in [2.45, 2.75) is 5.60 Å². The van der Waals surface area contributed by atoms with Crippen LogP contribution in [0.25, 0.3) is 0 Å². The van der Waals surface area contributed by atoms with E-state index in [0.29, 0.717) is 13.9 Å². The Morgan fingerprint density at radius 3 is 1.81 bits per heavy atom. The summed E-state index contributed by atoms with van der Waals surface area (Å²) >= 11 is 10.9. The Hall–Kier alpha value is -1.20. The lowest BCUT2D eigenvalue weighted by molar-refractivity contribution is 0.129. The number of thiazole rings is 1. The highest BCUT2D eigenvalue weighted by Crippen LogP contribution is 2.43. The molecule has 0 saturated carbocycles. The Kier molecular flexibility index (Phi) is 4.13. The van der Waals surface area contributed by atoms with E-state index in [9.17, 15) is 5.11 Å². The van der Waals surface area contributed by atoms with Gasteiger partial charge in [-0.1, -0.05) is 72.3 Å². The zero-order valence-corrected chi connectivity index (χ0v) is 14.0. The maximum atomic E-state index is 11.5. The maximum absolute atomic E-state index is 11.5. The normalized spacial score (nSPS) is 11.6. The molecular formula is C16H11BrClNOS. The average Bonchev–Trinajstić information content (AvgIpc) is 2.87. The third-order valence-electron chi connectivity index (χ3n) is 3.27. The van der Waals surface area contributed by atoms with Crippen LogP contribution in [0.5, 0.6) is 0 Å². The summed E-state index contributed by atoms with van der Waals surface area (Å²) in [4.78, 5) is 4.77. The van der Waals surface area contributed by atoms with Crippen LogP contribution in [0.2, 0.25) is 5.15 Å². The summed E-state index contributed by atoms with van der Waals surface area (Å²) in [7, 11) is 0. The summed E-state index contributed by atoms with van der Waals surface area (Å²) in [5.74, 6) is 0. The number of rotatable bonds is 3. The molecule has 0 unspecified atom stereocenters. The molecule has 3 aromatic rings. The monoisotopic (exact) mass is 379 g/mol. The molecule has 0 aliphatic carbocycles. The number of aliphatic hydroxyl groups is 1. The van der Waals surface area contributed by atoms with Crippen molar-refractivity contribution < 1.29 is 5.11 Å². The van der Waals surface area contributed by atoms with Crippen molar-refractivity contribution in [2.24, 2.45) is 0 Å². The van der Waals surface area contributed by atoms with Gasteiger partial charge in [0.2, 0.25) is 0 Å². The first-order chi connectivity index (χ1) is 10.1. The third-order valence-corrected chi connectivity index (χ3v) is 5.27. The number of halogens is 2. The first-order valence-electron chi connectivity index (χ1n) is 6.28. The van der Waals surface area contributed by atoms with Crippen LogP contribution in [0.4, 0.5) is 0 Å². The van der Waals surface area contributed by atoms with Gasteiger partial charge in [0.05, 0.1) is 4.88 Å². The second kappa shape index (κ2) is 5.89. The van der Waals surface area contributed by atoms with Crippen LogP contribution in [0.3, 0.4) is 0 Å². The van der Waals surface area contributed by atoms with E-state index in [4.69, 9.17) is 11.6 Å². The summed E-state index contributed by atoms with van der Waals surface area (Å²) < 4.78 is 0.646. The molecular weight excluding hydrogens is 370 g/mol. The highest BCUT2D eigenvalue weighted by molar-refractivity contribution is 9.11. The summed E-state index contributed by atoms with van der Waals surface area (Å²) in [5.41, 5.74) is 0.201. The van der Waals surface area contributed by atoms with Crippen molar-refractivity contribution in [3.05, 3.63) is 85.7 Å². The van der Waals surface area contributed by atoms with Crippen molar-refractivity contribution in [1.82, 2.24) is 4.98 Å². The molecule has 3 rings (SSSR count). The Morgan fingerprint density at radius 2 is 1.43 bits per heavy atom. The molecule has 0 radical (unpaired) electrons. The molecule has 1 aromatic heterocycles. The van der Waals surface area contributed by atoms with Crippen LogP contribution in [0, 0.1) is 0 Å². The Balaban J connectivity index is 2.28. The van der Waals surface area contributed by atoms with Crippen LogP contribution in [-0.4, -0.2) is 10.1 Å². The third kappa shape index (κ3) is 2.64. The molecule has 21 heavy (non-hydrogen) atoms. The van der Waals surface area contributed by atoms with Gasteiger partial charge in [0.25, 0.3) is 0 Å². The lowest BCUT2D eigenvalue weighted by atomic mass is 9.85. The molecule has 1 heterocycles. The van der Waals surface area contributed by atoms with E-state index in [1.807, 2.05) is 60.7 Å². The first kappa shape index (κ1) is 14.7. The second-order valence-corrected chi connectivity index (χ2v) is 7.16. The van der Waals surface area contributed by atoms with Gasteiger partial charge < -0.3 is 5.11 Å². The van der Waals surface area contributed by atoms with Crippen molar-refractivity contribution in [3.8, 4) is 0 Å². The van der Waals surface area contributed by atoms with Crippen molar-refractivity contribution in [1.29, 1.82) is 0 Å². The molecule has 0 aliphatic rings. The van der Waals surface area contributed by atoms with Gasteiger partial charge in [-0.15, -0.1) is 11.3 Å². The Labute approximate surface area is 140 Å². The summed E-state index contributed by atoms with van der Waals surface area (Å²) in [6, 6.07) is 19.0. The van der Waals surface area contributed by atoms with E-state index in [-0.39, 0.29) is 0 Å². The molecule has 0 amide bonds. The van der Waals surface area contributed by atoms with Gasteiger partial charge in [0, 0.05) is 0 Å². The maximum Gasteiger partial charge on any atom is 0.161 e. The molecule has 0 bridgehead atoms. The molecule has 0 aliphatic heterocycles. The first-order valence-corrected chi connectivity index (χ1v) is 8.27. The minimum absolute atomic E-state index is 0.307. The fourth-order valence-corrected chi connectivity index (χ4v) is 4.26. The highest BCUT2D eigenvalue weighted by atomic mass is 79.9. The SMILES string of the molecule is OC(c1ccccc1)(c1ccccc1)c1sc(Br)nc1Cl. The molecule has 5 heteroatoms. The Morgan fingerprint density at radius 1 is 0.952 bits per heavy atom. The molecule has 0 fully saturated rings.